The third kappa shape index (κ3) is 5.30. The van der Waals surface area contributed by atoms with Crippen molar-refractivity contribution in [2.75, 3.05) is 18.5 Å². The van der Waals surface area contributed by atoms with Gasteiger partial charge in [0.15, 0.2) is 11.5 Å². The van der Waals surface area contributed by atoms with Crippen molar-refractivity contribution >= 4 is 17.4 Å². The second kappa shape index (κ2) is 9.16. The summed E-state index contributed by atoms with van der Waals surface area (Å²) < 4.78 is 11.3. The average Bonchev–Trinajstić information content (AvgIpc) is 3.28. The van der Waals surface area contributed by atoms with E-state index in [2.05, 4.69) is 20.8 Å². The normalized spacial score (nSPS) is 15.7. The molecule has 1 aromatic heterocycles. The maximum absolute atomic E-state index is 12.2. The van der Waals surface area contributed by atoms with E-state index in [1.165, 1.54) is 0 Å². The predicted molar refractivity (Wildman–Crippen MR) is 110 cm³/mol. The molecule has 3 aromatic rings. The van der Waals surface area contributed by atoms with Crippen LogP contribution in [0.4, 0.5) is 11.5 Å². The summed E-state index contributed by atoms with van der Waals surface area (Å²) in [5.41, 5.74) is 1.12. The summed E-state index contributed by atoms with van der Waals surface area (Å²) in [7, 11) is 0. The molecule has 1 fully saturated rings. The van der Waals surface area contributed by atoms with Gasteiger partial charge >= 0.3 is 0 Å². The minimum Gasteiger partial charge on any atom is -0.457 e. The Morgan fingerprint density at radius 3 is 2.48 bits per heavy atom. The molecule has 1 aliphatic rings. The van der Waals surface area contributed by atoms with E-state index in [0.29, 0.717) is 12.4 Å². The fraction of sp³-hybridized carbons (Fsp3) is 0.227. The van der Waals surface area contributed by atoms with Crippen LogP contribution in [0.2, 0.25) is 0 Å². The molecule has 7 heteroatoms. The molecule has 7 nitrogen and oxygen atoms in total. The van der Waals surface area contributed by atoms with Crippen LogP contribution >= 0.6 is 0 Å². The van der Waals surface area contributed by atoms with Crippen molar-refractivity contribution in [2.24, 2.45) is 0 Å². The van der Waals surface area contributed by atoms with Gasteiger partial charge in [0.25, 0.3) is 5.91 Å². The molecule has 4 rings (SSSR count). The van der Waals surface area contributed by atoms with Crippen LogP contribution in [0.25, 0.3) is 0 Å². The van der Waals surface area contributed by atoms with Crippen LogP contribution in [-0.4, -0.2) is 35.4 Å². The van der Waals surface area contributed by atoms with E-state index in [1.54, 1.807) is 12.1 Å². The number of carbonyl (C=O) groups excluding carboxylic acids is 1. The lowest BCUT2D eigenvalue weighted by Gasteiger charge is -2.10. The van der Waals surface area contributed by atoms with Gasteiger partial charge in [-0.1, -0.05) is 18.2 Å². The maximum atomic E-state index is 12.2. The molecule has 1 amide bonds. The number of aromatic nitrogens is 2. The SMILES string of the molecule is O=C(NCC1CCCO1)c1ccc(Nc2ccc(Oc3ccccc3)cc2)nn1. The zero-order chi connectivity index (χ0) is 19.9. The summed E-state index contributed by atoms with van der Waals surface area (Å²) >= 11 is 0. The van der Waals surface area contributed by atoms with Crippen LogP contribution in [-0.2, 0) is 4.74 Å². The molecule has 0 aliphatic carbocycles. The molecule has 0 saturated carbocycles. The zero-order valence-electron chi connectivity index (χ0n) is 15.9. The van der Waals surface area contributed by atoms with Gasteiger partial charge in [-0.2, -0.15) is 0 Å². The van der Waals surface area contributed by atoms with Crippen LogP contribution in [0, 0.1) is 0 Å². The molecule has 1 saturated heterocycles. The van der Waals surface area contributed by atoms with Gasteiger partial charge in [-0.05, 0) is 61.4 Å². The predicted octanol–water partition coefficient (Wildman–Crippen LogP) is 3.92. The lowest BCUT2D eigenvalue weighted by Crippen LogP contribution is -2.32. The molecule has 0 radical (unpaired) electrons. The Bertz CT molecular complexity index is 925. The Hall–Kier alpha value is -3.45. The van der Waals surface area contributed by atoms with Gasteiger partial charge in [0.1, 0.15) is 11.5 Å². The van der Waals surface area contributed by atoms with Crippen LogP contribution < -0.4 is 15.4 Å². The Morgan fingerprint density at radius 1 is 1.00 bits per heavy atom. The first-order valence-corrected chi connectivity index (χ1v) is 9.60. The van der Waals surface area contributed by atoms with Gasteiger partial charge in [-0.15, -0.1) is 10.2 Å². The Balaban J connectivity index is 1.30. The van der Waals surface area contributed by atoms with Crippen molar-refractivity contribution in [3.63, 3.8) is 0 Å². The largest absolute Gasteiger partial charge is 0.457 e. The van der Waals surface area contributed by atoms with E-state index in [4.69, 9.17) is 9.47 Å². The van der Waals surface area contributed by atoms with E-state index in [-0.39, 0.29) is 17.7 Å². The molecule has 1 aliphatic heterocycles. The number of nitrogens with one attached hydrogen (secondary N) is 2. The molecule has 1 atom stereocenters. The highest BCUT2D eigenvalue weighted by molar-refractivity contribution is 5.92. The summed E-state index contributed by atoms with van der Waals surface area (Å²) in [6, 6.07) is 20.5. The first kappa shape index (κ1) is 18.9. The number of carbonyl (C=O) groups is 1. The van der Waals surface area contributed by atoms with Crippen LogP contribution in [0.15, 0.2) is 66.7 Å². The number of benzene rings is 2. The molecule has 0 spiro atoms. The number of amides is 1. The maximum Gasteiger partial charge on any atom is 0.271 e. The summed E-state index contributed by atoms with van der Waals surface area (Å²) in [4.78, 5) is 12.2. The second-order valence-electron chi connectivity index (χ2n) is 6.71. The summed E-state index contributed by atoms with van der Waals surface area (Å²) in [6.07, 6.45) is 2.12. The average molecular weight is 390 g/mol. The van der Waals surface area contributed by atoms with Crippen molar-refractivity contribution in [2.45, 2.75) is 18.9 Å². The highest BCUT2D eigenvalue weighted by Crippen LogP contribution is 2.23. The topological polar surface area (TPSA) is 85.4 Å². The van der Waals surface area contributed by atoms with E-state index in [9.17, 15) is 4.79 Å². The standard InChI is InChI=1S/C22H22N4O3/c27-22(23-15-19-7-4-14-28-19)20-12-13-21(26-25-20)24-16-8-10-18(11-9-16)29-17-5-2-1-3-6-17/h1-3,5-6,8-13,19H,4,7,14-15H2,(H,23,27)(H,24,26). The quantitative estimate of drug-likeness (QED) is 0.636. The molecule has 148 valence electrons. The summed E-state index contributed by atoms with van der Waals surface area (Å²) in [5.74, 6) is 1.83. The van der Waals surface area contributed by atoms with E-state index >= 15 is 0 Å². The van der Waals surface area contributed by atoms with E-state index < -0.39 is 0 Å². The molecule has 1 unspecified atom stereocenters. The van der Waals surface area contributed by atoms with Gasteiger partial charge in [0, 0.05) is 18.8 Å². The Labute approximate surface area is 169 Å². The van der Waals surface area contributed by atoms with Crippen molar-refractivity contribution in [3.05, 3.63) is 72.4 Å². The number of anilines is 2. The van der Waals surface area contributed by atoms with Crippen molar-refractivity contribution < 1.29 is 14.3 Å². The fourth-order valence-electron chi connectivity index (χ4n) is 3.00. The van der Waals surface area contributed by atoms with Gasteiger partial charge < -0.3 is 20.1 Å². The number of nitrogens with zero attached hydrogens (tertiary/aromatic N) is 2. The van der Waals surface area contributed by atoms with Gasteiger partial charge in [-0.3, -0.25) is 4.79 Å². The number of para-hydroxylation sites is 1. The number of hydrogen-bond acceptors (Lipinski definition) is 6. The number of rotatable bonds is 7. The lowest BCUT2D eigenvalue weighted by molar-refractivity contribution is 0.0853. The molecular formula is C22H22N4O3. The van der Waals surface area contributed by atoms with Gasteiger partial charge in [0.05, 0.1) is 6.10 Å². The number of ether oxygens (including phenoxy) is 2. The molecular weight excluding hydrogens is 368 g/mol. The monoisotopic (exact) mass is 390 g/mol. The minimum atomic E-state index is -0.248. The lowest BCUT2D eigenvalue weighted by atomic mass is 10.2. The highest BCUT2D eigenvalue weighted by atomic mass is 16.5. The minimum absolute atomic E-state index is 0.0988. The number of hydrogen-bond donors (Lipinski definition) is 2. The second-order valence-corrected chi connectivity index (χ2v) is 6.71. The van der Waals surface area contributed by atoms with Crippen molar-refractivity contribution in [3.8, 4) is 11.5 Å². The van der Waals surface area contributed by atoms with Gasteiger partial charge in [-0.25, -0.2) is 0 Å². The van der Waals surface area contributed by atoms with Crippen LogP contribution in [0.1, 0.15) is 23.3 Å². The third-order valence-electron chi connectivity index (χ3n) is 4.52. The first-order chi connectivity index (χ1) is 14.3. The Kier molecular flexibility index (Phi) is 5.97. The van der Waals surface area contributed by atoms with Crippen LogP contribution in [0.3, 0.4) is 0 Å². The van der Waals surface area contributed by atoms with Crippen molar-refractivity contribution in [1.29, 1.82) is 0 Å². The van der Waals surface area contributed by atoms with E-state index in [1.807, 2.05) is 54.6 Å². The fourth-order valence-corrected chi connectivity index (χ4v) is 3.00. The highest BCUT2D eigenvalue weighted by Gasteiger charge is 2.17. The summed E-state index contributed by atoms with van der Waals surface area (Å²) in [6.45, 7) is 1.26. The molecule has 2 N–H and O–H groups in total. The molecule has 2 aromatic carbocycles. The Morgan fingerprint density at radius 2 is 1.79 bits per heavy atom. The van der Waals surface area contributed by atoms with E-state index in [0.717, 1.165) is 36.6 Å². The zero-order valence-corrected chi connectivity index (χ0v) is 15.9. The van der Waals surface area contributed by atoms with Crippen LogP contribution in [0.5, 0.6) is 11.5 Å². The van der Waals surface area contributed by atoms with Crippen molar-refractivity contribution in [1.82, 2.24) is 15.5 Å². The molecule has 29 heavy (non-hydrogen) atoms. The summed E-state index contributed by atoms with van der Waals surface area (Å²) in [5, 5.41) is 14.1. The molecule has 0 bridgehead atoms. The van der Waals surface area contributed by atoms with Gasteiger partial charge in [0.2, 0.25) is 0 Å². The third-order valence-corrected chi connectivity index (χ3v) is 4.52. The first-order valence-electron chi connectivity index (χ1n) is 9.60. The smallest absolute Gasteiger partial charge is 0.271 e. The molecule has 2 heterocycles.